The summed E-state index contributed by atoms with van der Waals surface area (Å²) >= 11 is 0. The molecule has 8 nitrogen and oxygen atoms in total. The molecule has 0 amide bonds. The molecule has 5 heterocycles. The van der Waals surface area contributed by atoms with Gasteiger partial charge in [0, 0.05) is 43.1 Å². The average molecular weight is 395 g/mol. The van der Waals surface area contributed by atoms with Gasteiger partial charge in [-0.05, 0) is 38.0 Å². The van der Waals surface area contributed by atoms with Gasteiger partial charge in [-0.25, -0.2) is 14.8 Å². The number of pyridine rings is 1. The average Bonchev–Trinajstić information content (AvgIpc) is 3.38. The van der Waals surface area contributed by atoms with Crippen LogP contribution in [0.15, 0.2) is 27.7 Å². The van der Waals surface area contributed by atoms with Crippen molar-refractivity contribution in [3.63, 3.8) is 0 Å². The Morgan fingerprint density at radius 1 is 1.41 bits per heavy atom. The minimum absolute atomic E-state index is 0.0452. The van der Waals surface area contributed by atoms with Crippen LogP contribution in [0.2, 0.25) is 0 Å². The molecule has 0 radical (unpaired) electrons. The SMILES string of the molecule is CCOC(=O)c1c(C23CCCN(CC2)O3)oc(C=C2C=Nc3ncccc32)c1O. The fourth-order valence-corrected chi connectivity index (χ4v) is 4.21. The molecular formula is C21H21N3O5. The third kappa shape index (κ3) is 2.87. The lowest BCUT2D eigenvalue weighted by Crippen LogP contribution is -2.35. The summed E-state index contributed by atoms with van der Waals surface area (Å²) in [5.41, 5.74) is 0.873. The molecule has 150 valence electrons. The summed E-state index contributed by atoms with van der Waals surface area (Å²) < 4.78 is 11.3. The zero-order chi connectivity index (χ0) is 20.0. The predicted octanol–water partition coefficient (Wildman–Crippen LogP) is 3.44. The highest BCUT2D eigenvalue weighted by Gasteiger charge is 2.50. The maximum atomic E-state index is 12.7. The number of aromatic hydroxyl groups is 1. The van der Waals surface area contributed by atoms with Crippen molar-refractivity contribution >= 4 is 29.7 Å². The molecule has 8 heteroatoms. The van der Waals surface area contributed by atoms with Crippen LogP contribution in [0.25, 0.3) is 11.6 Å². The highest BCUT2D eigenvalue weighted by molar-refractivity contribution is 6.21. The first-order valence-electron chi connectivity index (χ1n) is 9.80. The van der Waals surface area contributed by atoms with Crippen LogP contribution < -0.4 is 0 Å². The van der Waals surface area contributed by atoms with Crippen molar-refractivity contribution in [2.75, 3.05) is 19.7 Å². The molecule has 29 heavy (non-hydrogen) atoms. The number of ether oxygens (including phenoxy) is 1. The van der Waals surface area contributed by atoms with E-state index in [4.69, 9.17) is 14.0 Å². The number of esters is 1. The number of nitrogens with zero attached hydrogens (tertiary/aromatic N) is 3. The Bertz CT molecular complexity index is 1040. The molecule has 0 spiro atoms. The molecule has 2 aromatic rings. The molecular weight excluding hydrogens is 374 g/mol. The van der Waals surface area contributed by atoms with Gasteiger partial charge in [0.1, 0.15) is 11.2 Å². The third-order valence-electron chi connectivity index (χ3n) is 5.57. The minimum Gasteiger partial charge on any atom is -0.504 e. The lowest BCUT2D eigenvalue weighted by Gasteiger charge is -2.32. The number of hydroxylamine groups is 2. The van der Waals surface area contributed by atoms with Gasteiger partial charge < -0.3 is 14.3 Å². The zero-order valence-electron chi connectivity index (χ0n) is 16.1. The van der Waals surface area contributed by atoms with Gasteiger partial charge in [-0.15, -0.1) is 0 Å². The lowest BCUT2D eigenvalue weighted by atomic mass is 9.89. The van der Waals surface area contributed by atoms with E-state index in [1.165, 1.54) is 0 Å². The molecule has 0 aromatic carbocycles. The van der Waals surface area contributed by atoms with Crippen LogP contribution in [-0.2, 0) is 15.2 Å². The Kier molecular flexibility index (Phi) is 4.25. The zero-order valence-corrected chi connectivity index (χ0v) is 16.1. The number of hydrogen-bond acceptors (Lipinski definition) is 8. The number of furan rings is 1. The van der Waals surface area contributed by atoms with E-state index in [9.17, 15) is 9.90 Å². The van der Waals surface area contributed by atoms with Crippen LogP contribution in [0, 0.1) is 0 Å². The van der Waals surface area contributed by atoms with E-state index in [-0.39, 0.29) is 23.7 Å². The number of rotatable bonds is 4. The van der Waals surface area contributed by atoms with Crippen molar-refractivity contribution in [1.29, 1.82) is 0 Å². The van der Waals surface area contributed by atoms with Crippen LogP contribution in [0.4, 0.5) is 5.82 Å². The number of carbonyl (C=O) groups excluding carboxylic acids is 1. The normalized spacial score (nSPS) is 26.1. The number of carbonyl (C=O) groups is 1. The summed E-state index contributed by atoms with van der Waals surface area (Å²) in [5, 5.41) is 12.8. The van der Waals surface area contributed by atoms with Gasteiger partial charge in [0.05, 0.1) is 6.61 Å². The van der Waals surface area contributed by atoms with Gasteiger partial charge in [0.2, 0.25) is 0 Å². The topological polar surface area (TPSA) is 97.4 Å². The van der Waals surface area contributed by atoms with E-state index >= 15 is 0 Å². The maximum absolute atomic E-state index is 12.7. The second-order valence-electron chi connectivity index (χ2n) is 7.34. The van der Waals surface area contributed by atoms with Gasteiger partial charge in [-0.2, -0.15) is 5.06 Å². The second-order valence-corrected chi connectivity index (χ2v) is 7.34. The van der Waals surface area contributed by atoms with Gasteiger partial charge in [0.25, 0.3) is 0 Å². The monoisotopic (exact) mass is 395 g/mol. The smallest absolute Gasteiger partial charge is 0.345 e. The highest BCUT2D eigenvalue weighted by Crippen LogP contribution is 2.49. The number of allylic oxidation sites excluding steroid dienone is 1. The molecule has 2 unspecified atom stereocenters. The van der Waals surface area contributed by atoms with E-state index in [0.29, 0.717) is 24.4 Å². The van der Waals surface area contributed by atoms with Crippen LogP contribution >= 0.6 is 0 Å². The third-order valence-corrected chi connectivity index (χ3v) is 5.57. The predicted molar refractivity (Wildman–Crippen MR) is 105 cm³/mol. The molecule has 0 saturated carbocycles. The summed E-state index contributed by atoms with van der Waals surface area (Å²) in [5.74, 6) is 0.277. The van der Waals surface area contributed by atoms with E-state index in [1.54, 1.807) is 25.4 Å². The Hall–Kier alpha value is -2.97. The largest absolute Gasteiger partial charge is 0.504 e. The number of aliphatic imine (C=N–C) groups is 1. The molecule has 2 saturated heterocycles. The first kappa shape index (κ1) is 18.1. The summed E-state index contributed by atoms with van der Waals surface area (Å²) in [6.45, 7) is 3.53. The van der Waals surface area contributed by atoms with E-state index in [2.05, 4.69) is 9.98 Å². The maximum Gasteiger partial charge on any atom is 0.345 e. The van der Waals surface area contributed by atoms with E-state index in [1.807, 2.05) is 17.2 Å². The fraction of sp³-hybridized carbons (Fsp3) is 0.381. The first-order valence-corrected chi connectivity index (χ1v) is 9.80. The van der Waals surface area contributed by atoms with Crippen LogP contribution in [0.3, 0.4) is 0 Å². The summed E-state index contributed by atoms with van der Waals surface area (Å²) in [7, 11) is 0. The van der Waals surface area contributed by atoms with Crippen LogP contribution in [0.1, 0.15) is 53.6 Å². The van der Waals surface area contributed by atoms with E-state index in [0.717, 1.165) is 30.6 Å². The Labute approximate surface area is 167 Å². The van der Waals surface area contributed by atoms with Crippen molar-refractivity contribution in [1.82, 2.24) is 10.0 Å². The Morgan fingerprint density at radius 3 is 3.17 bits per heavy atom. The van der Waals surface area contributed by atoms with Gasteiger partial charge >= 0.3 is 5.97 Å². The van der Waals surface area contributed by atoms with Crippen molar-refractivity contribution in [3.05, 3.63) is 41.0 Å². The molecule has 5 rings (SSSR count). The summed E-state index contributed by atoms with van der Waals surface area (Å²) in [6, 6.07) is 3.72. The van der Waals surface area contributed by atoms with Gasteiger partial charge in [-0.3, -0.25) is 4.84 Å². The number of fused-ring (bicyclic) bond motifs is 3. The molecule has 2 aromatic heterocycles. The Morgan fingerprint density at radius 2 is 2.31 bits per heavy atom. The molecule has 0 aliphatic carbocycles. The molecule has 2 atom stereocenters. The summed E-state index contributed by atoms with van der Waals surface area (Å²) in [6.07, 6.45) is 7.34. The molecule has 3 aliphatic rings. The van der Waals surface area contributed by atoms with Crippen LogP contribution in [-0.4, -0.2) is 47.0 Å². The molecule has 3 aliphatic heterocycles. The highest BCUT2D eigenvalue weighted by atomic mass is 16.7. The minimum atomic E-state index is -0.752. The second kappa shape index (κ2) is 6.82. The van der Waals surface area contributed by atoms with Crippen molar-refractivity contribution in [2.24, 2.45) is 4.99 Å². The van der Waals surface area contributed by atoms with Crippen molar-refractivity contribution in [3.8, 4) is 5.75 Å². The van der Waals surface area contributed by atoms with Crippen molar-refractivity contribution < 1.29 is 23.9 Å². The summed E-state index contributed by atoms with van der Waals surface area (Å²) in [4.78, 5) is 27.3. The van der Waals surface area contributed by atoms with Crippen molar-refractivity contribution in [2.45, 2.75) is 31.8 Å². The molecule has 2 bridgehead atoms. The van der Waals surface area contributed by atoms with Crippen LogP contribution in [0.5, 0.6) is 5.75 Å². The quantitative estimate of drug-likeness (QED) is 0.792. The van der Waals surface area contributed by atoms with E-state index < -0.39 is 11.6 Å². The Balaban J connectivity index is 1.62. The number of aromatic nitrogens is 1. The standard InChI is InChI=1S/C21H21N3O5/c1-2-27-20(26)16-17(25)15(11-13-12-23-19-14(13)5-3-8-22-19)28-18(16)21-6-4-9-24(29-21)10-7-21/h3,5,8,11-12,25H,2,4,6-7,9-10H2,1H3. The molecule has 1 N–H and O–H groups in total. The fourth-order valence-electron chi connectivity index (χ4n) is 4.21. The van der Waals surface area contributed by atoms with Gasteiger partial charge in [0.15, 0.2) is 23.1 Å². The number of hydrogen-bond donors (Lipinski definition) is 1. The molecule has 2 fully saturated rings. The van der Waals surface area contributed by atoms with Gasteiger partial charge in [-0.1, -0.05) is 0 Å². The first-order chi connectivity index (χ1) is 14.1. The lowest BCUT2D eigenvalue weighted by molar-refractivity contribution is -0.230.